The summed E-state index contributed by atoms with van der Waals surface area (Å²) in [6.07, 6.45) is 4.10. The van der Waals surface area contributed by atoms with Crippen molar-refractivity contribution in [3.63, 3.8) is 0 Å². The van der Waals surface area contributed by atoms with Gasteiger partial charge in [0, 0.05) is 80.6 Å². The number of hydrazone groups is 1. The Hall–Kier alpha value is -8.52. The molecule has 5 bridgehead atoms. The Morgan fingerprint density at radius 1 is 0.988 bits per heavy atom. The highest BCUT2D eigenvalue weighted by atomic mass is 19.1. The standard InChI is InChI=1S/C56H60F3N7O15/c1-23-10-9-11-24(2)54(75)62-42-32(20-61-64-30-14-16-65(21-30)53-35(59)19-31-46(71)33(55(76)77)22-66(52(31)63-53)36-13-12-29(57)18-34(36)58)47(72)38-39(48(42)73)44(69)27(5)49-40(38)51(74)56(7,81-49)79-17-15-37(78-8)25(3)50(80-28(6)67)41(60)45(70)26(4)43(23)68/h9-13,15,17-20,22-23,25-26,30,37,41,43,45,50,64,68-70,72-73H,14,16,21,60H2,1-8H3,(H,62,75)(H,76,77)/b10-9+,17-15+,24-11-,61-20+/t23-,25+,26+,30?,37-,41+,43-,45+,50+,56-/m0/s1. The van der Waals surface area contributed by atoms with Gasteiger partial charge in [-0.2, -0.15) is 5.10 Å². The summed E-state index contributed by atoms with van der Waals surface area (Å²) in [4.78, 5) is 72.2. The van der Waals surface area contributed by atoms with E-state index >= 15 is 8.78 Å². The highest BCUT2D eigenvalue weighted by Gasteiger charge is 2.50. The van der Waals surface area contributed by atoms with E-state index in [1.807, 2.05) is 0 Å². The van der Waals surface area contributed by atoms with Crippen LogP contribution in [-0.4, -0.2) is 133 Å². The van der Waals surface area contributed by atoms with E-state index in [1.165, 1.54) is 51.0 Å². The average molecular weight is 1130 g/mol. The zero-order valence-corrected chi connectivity index (χ0v) is 45.0. The lowest BCUT2D eigenvalue weighted by Gasteiger charge is -2.37. The molecule has 10 atom stereocenters. The second-order valence-electron chi connectivity index (χ2n) is 20.5. The van der Waals surface area contributed by atoms with E-state index in [-0.39, 0.29) is 59.1 Å². The number of phenols is 3. The van der Waals surface area contributed by atoms with Crippen molar-refractivity contribution in [2.75, 3.05) is 30.4 Å². The molecule has 6 heterocycles. The first kappa shape index (κ1) is 58.6. The molecule has 1 unspecified atom stereocenters. The Labute approximate surface area is 460 Å². The number of aromatic nitrogens is 2. The normalized spacial score (nSPS) is 27.0. The Morgan fingerprint density at radius 2 is 1.70 bits per heavy atom. The summed E-state index contributed by atoms with van der Waals surface area (Å²) < 4.78 is 69.5. The molecule has 0 radical (unpaired) electrons. The number of aromatic hydroxyl groups is 3. The minimum atomic E-state index is -2.21. The van der Waals surface area contributed by atoms with Crippen molar-refractivity contribution in [3.8, 4) is 28.7 Å². The van der Waals surface area contributed by atoms with Crippen molar-refractivity contribution in [1.82, 2.24) is 15.0 Å². The molecule has 22 nitrogen and oxygen atoms in total. The number of aliphatic hydroxyl groups is 2. The smallest absolute Gasteiger partial charge is 0.341 e. The summed E-state index contributed by atoms with van der Waals surface area (Å²) in [5.41, 5.74) is 5.52. The number of allylic oxidation sites excluding steroid dienone is 2. The van der Waals surface area contributed by atoms with Crippen molar-refractivity contribution in [2.24, 2.45) is 28.6 Å². The number of nitrogens with two attached hydrogens (primary N) is 1. The van der Waals surface area contributed by atoms with Crippen LogP contribution in [0, 0.1) is 42.1 Å². The number of aliphatic hydroxyl groups excluding tert-OH is 2. The van der Waals surface area contributed by atoms with E-state index < -0.39 is 157 Å². The van der Waals surface area contributed by atoms with Gasteiger partial charge in [-0.25, -0.2) is 22.9 Å². The van der Waals surface area contributed by atoms with Gasteiger partial charge in [-0.05, 0) is 44.5 Å². The van der Waals surface area contributed by atoms with Gasteiger partial charge in [-0.1, -0.05) is 39.0 Å². The van der Waals surface area contributed by atoms with Gasteiger partial charge in [0.2, 0.25) is 5.43 Å². The fraction of sp³-hybridized carbons (Fsp3) is 0.375. The van der Waals surface area contributed by atoms with Crippen molar-refractivity contribution >= 4 is 63.2 Å². The van der Waals surface area contributed by atoms with Crippen molar-refractivity contribution in [1.29, 1.82) is 0 Å². The third-order valence-electron chi connectivity index (χ3n) is 15.0. The largest absolute Gasteiger partial charge is 0.507 e. The van der Waals surface area contributed by atoms with E-state index in [2.05, 4.69) is 20.8 Å². The van der Waals surface area contributed by atoms with Gasteiger partial charge in [-0.15, -0.1) is 0 Å². The van der Waals surface area contributed by atoms with E-state index in [9.17, 15) is 59.0 Å². The van der Waals surface area contributed by atoms with Gasteiger partial charge in [0.1, 0.15) is 40.6 Å². The van der Waals surface area contributed by atoms with Crippen molar-refractivity contribution < 1.29 is 81.9 Å². The number of amides is 1. The van der Waals surface area contributed by atoms with Gasteiger partial charge in [-0.3, -0.25) is 23.7 Å². The highest BCUT2D eigenvalue weighted by molar-refractivity contribution is 6.24. The minimum absolute atomic E-state index is 0.0185. The lowest BCUT2D eigenvalue weighted by Crippen LogP contribution is -2.55. The molecule has 430 valence electrons. The van der Waals surface area contributed by atoms with Crippen molar-refractivity contribution in [3.05, 3.63) is 117 Å². The Bertz CT molecular complexity index is 3590. The number of rotatable bonds is 8. The molecule has 3 aromatic carbocycles. The average Bonchev–Trinajstić information content (AvgIpc) is 4.12. The number of benzene rings is 3. The molecule has 81 heavy (non-hydrogen) atoms. The summed E-state index contributed by atoms with van der Waals surface area (Å²) in [6.45, 7) is 10.1. The molecule has 1 fully saturated rings. The van der Waals surface area contributed by atoms with Crippen LogP contribution < -0.4 is 31.5 Å². The lowest BCUT2D eigenvalue weighted by atomic mass is 9.81. The first-order valence-electron chi connectivity index (χ1n) is 25.5. The van der Waals surface area contributed by atoms with Crippen LogP contribution in [-0.2, 0) is 23.8 Å². The third kappa shape index (κ3) is 11.0. The number of methoxy groups -OCH3 is 1. The molecule has 9 rings (SSSR count). The summed E-state index contributed by atoms with van der Waals surface area (Å²) in [7, 11) is 1.34. The zero-order chi connectivity index (χ0) is 59.3. The SMILES string of the molecule is CO[C@H]1/C=C/O[C@@]2(C)Oc3c(C)c(O)c4c(O)c(c(/C=N/NC5CCN(c6nc7c(cc6F)c(=O)c(C(=O)O)cn7-c6ccc(F)cc6F)C5)c(O)c4c3C2=O)NC(=O)/C(C)=C\C=C\[C@H](C)[C@H](O)[C@@H](C)[C@@H](O)[C@@H](N)[C@H](OC(C)=O)[C@@H]1C. The summed E-state index contributed by atoms with van der Waals surface area (Å²) >= 11 is 0. The summed E-state index contributed by atoms with van der Waals surface area (Å²) in [5, 5.41) is 74.4. The first-order chi connectivity index (χ1) is 38.2. The highest BCUT2D eigenvalue weighted by Crippen LogP contribution is 2.55. The van der Waals surface area contributed by atoms with Crippen LogP contribution in [0.15, 0.2) is 76.5 Å². The number of nitrogens with one attached hydrogen (secondary N) is 2. The molecular weight excluding hydrogens is 1070 g/mol. The Kier molecular flexibility index (Phi) is 16.6. The fourth-order valence-corrected chi connectivity index (χ4v) is 10.3. The maximum atomic E-state index is 16.0. The molecule has 25 heteroatoms. The number of phenolic OH excluding ortho intramolecular Hbond substituents is 3. The zero-order valence-electron chi connectivity index (χ0n) is 45.0. The van der Waals surface area contributed by atoms with Crippen LogP contribution in [0.1, 0.15) is 79.8 Å². The number of aromatic carboxylic acids is 1. The molecule has 2 aromatic heterocycles. The van der Waals surface area contributed by atoms with Crippen LogP contribution in [0.2, 0.25) is 0 Å². The van der Waals surface area contributed by atoms with E-state index in [0.717, 1.165) is 48.4 Å². The number of hydrogen-bond donors (Lipinski definition) is 9. The minimum Gasteiger partial charge on any atom is -0.507 e. The van der Waals surface area contributed by atoms with Crippen LogP contribution in [0.5, 0.6) is 23.0 Å². The second kappa shape index (κ2) is 22.9. The number of fused-ring (bicyclic) bond motifs is 15. The third-order valence-corrected chi connectivity index (χ3v) is 15.0. The number of carbonyl (C=O) groups is 4. The monoisotopic (exact) mass is 1130 g/mol. The number of nitrogens with zero attached hydrogens (tertiary/aromatic N) is 4. The molecule has 4 aliphatic heterocycles. The first-order valence-corrected chi connectivity index (χ1v) is 25.5. The number of carbonyl (C=O) groups excluding carboxylic acids is 3. The number of hydrogen-bond acceptors (Lipinski definition) is 19. The molecular formula is C56H60F3N7O15. The number of ether oxygens (including phenoxy) is 4. The van der Waals surface area contributed by atoms with E-state index in [0.29, 0.717) is 6.07 Å². The van der Waals surface area contributed by atoms with Crippen LogP contribution in [0.4, 0.5) is 24.7 Å². The number of ketones is 1. The van der Waals surface area contributed by atoms with Gasteiger partial charge < -0.3 is 71.0 Å². The number of carboxylic acid groups (broad SMARTS) is 1. The number of anilines is 2. The van der Waals surface area contributed by atoms with Gasteiger partial charge in [0.05, 0.1) is 76.1 Å². The predicted molar refractivity (Wildman–Crippen MR) is 288 cm³/mol. The second-order valence-corrected chi connectivity index (χ2v) is 20.5. The Balaban J connectivity index is 1.19. The molecule has 0 spiro atoms. The molecule has 1 amide bonds. The topological polar surface area (TPSA) is 327 Å². The van der Waals surface area contributed by atoms with Gasteiger partial charge >= 0.3 is 17.7 Å². The number of Topliss-reactive ketones (excluding diaryl/α,β-unsaturated/α-hetero) is 1. The quantitative estimate of drug-likeness (QED) is 0.0306. The molecule has 1 saturated heterocycles. The number of esters is 1. The van der Waals surface area contributed by atoms with E-state index in [4.69, 9.17) is 24.7 Å². The van der Waals surface area contributed by atoms with Crippen LogP contribution in [0.3, 0.4) is 0 Å². The molecule has 5 aromatic rings. The molecule has 10 N–H and O–H groups in total. The van der Waals surface area contributed by atoms with Crippen LogP contribution >= 0.6 is 0 Å². The van der Waals surface area contributed by atoms with Crippen molar-refractivity contribution in [2.45, 2.75) is 97.2 Å². The maximum Gasteiger partial charge on any atom is 0.341 e. The fourth-order valence-electron chi connectivity index (χ4n) is 10.3. The van der Waals surface area contributed by atoms with Gasteiger partial charge in [0.15, 0.2) is 23.0 Å². The molecule has 4 aliphatic rings. The maximum absolute atomic E-state index is 16.0. The molecule has 0 saturated carbocycles. The van der Waals surface area contributed by atoms with Crippen LogP contribution in [0.25, 0.3) is 27.5 Å². The summed E-state index contributed by atoms with van der Waals surface area (Å²) in [5.74, 6) is -14.7. The lowest BCUT2D eigenvalue weighted by molar-refractivity contribution is -0.156. The number of halogens is 3. The number of pyridine rings is 2. The van der Waals surface area contributed by atoms with Gasteiger partial charge in [0.25, 0.3) is 11.7 Å². The predicted octanol–water partition coefficient (Wildman–Crippen LogP) is 5.46. The molecule has 0 aliphatic carbocycles. The Morgan fingerprint density at radius 3 is 2.37 bits per heavy atom. The van der Waals surface area contributed by atoms with E-state index in [1.54, 1.807) is 26.8 Å². The number of carboxylic acids is 1. The summed E-state index contributed by atoms with van der Waals surface area (Å²) in [6, 6.07) is 1.32.